The van der Waals surface area contributed by atoms with Crippen LogP contribution in [0.25, 0.3) is 0 Å². The molecule has 0 saturated heterocycles. The summed E-state index contributed by atoms with van der Waals surface area (Å²) in [5.41, 5.74) is 0.860. The Morgan fingerprint density at radius 3 is 2.40 bits per heavy atom. The van der Waals surface area contributed by atoms with Crippen LogP contribution >= 0.6 is 0 Å². The molecular weight excluding hydrogens is 256 g/mol. The third-order valence-corrected chi connectivity index (χ3v) is 3.81. The van der Waals surface area contributed by atoms with E-state index >= 15 is 0 Å². The summed E-state index contributed by atoms with van der Waals surface area (Å²) in [7, 11) is 5.40. The lowest BCUT2D eigenvalue weighted by Gasteiger charge is -2.24. The van der Waals surface area contributed by atoms with E-state index in [2.05, 4.69) is 34.2 Å². The summed E-state index contributed by atoms with van der Waals surface area (Å²) >= 11 is 0. The average molecular weight is 280 g/mol. The Morgan fingerprint density at radius 2 is 1.90 bits per heavy atom. The quantitative estimate of drug-likeness (QED) is 0.768. The maximum atomic E-state index is 5.26. The number of hydrogen-bond acceptors (Lipinski definition) is 6. The van der Waals surface area contributed by atoms with E-state index in [1.807, 2.05) is 0 Å². The maximum absolute atomic E-state index is 5.26. The number of likely N-dealkylation sites (N-methyl/N-ethyl adjacent to an activating group) is 1. The highest BCUT2D eigenvalue weighted by Gasteiger charge is 2.28. The molecule has 0 aromatic carbocycles. The minimum atomic E-state index is 0.504. The van der Waals surface area contributed by atoms with Crippen molar-refractivity contribution in [1.29, 1.82) is 0 Å². The van der Waals surface area contributed by atoms with Crippen LogP contribution in [-0.4, -0.2) is 54.8 Å². The van der Waals surface area contributed by atoms with Crippen molar-refractivity contribution in [3.63, 3.8) is 0 Å². The van der Waals surface area contributed by atoms with Crippen LogP contribution in [0.15, 0.2) is 6.33 Å². The maximum Gasteiger partial charge on any atom is 0.224 e. The van der Waals surface area contributed by atoms with Crippen LogP contribution in [-0.2, 0) is 6.54 Å². The second kappa shape index (κ2) is 6.85. The Bertz CT molecular complexity index is 415. The standard InChI is InChI=1S/C14H24N4O2/c1-10(18(2)11-5-6-11)7-15-8-12-13(19-3)16-9-17-14(12)20-4/h9-11,15H,5-8H2,1-4H3. The summed E-state index contributed by atoms with van der Waals surface area (Å²) in [6.45, 7) is 3.78. The topological polar surface area (TPSA) is 59.5 Å². The van der Waals surface area contributed by atoms with Crippen molar-refractivity contribution in [2.45, 2.75) is 38.4 Å². The molecule has 0 bridgehead atoms. The first kappa shape index (κ1) is 15.0. The number of rotatable bonds is 8. The molecule has 6 nitrogen and oxygen atoms in total. The van der Waals surface area contributed by atoms with Gasteiger partial charge in [0.1, 0.15) is 6.33 Å². The lowest BCUT2D eigenvalue weighted by molar-refractivity contribution is 0.240. The third kappa shape index (κ3) is 3.58. The fraction of sp³-hybridized carbons (Fsp3) is 0.714. The van der Waals surface area contributed by atoms with E-state index in [0.717, 1.165) is 18.2 Å². The van der Waals surface area contributed by atoms with Gasteiger partial charge in [-0.3, -0.25) is 4.90 Å². The predicted molar refractivity (Wildman–Crippen MR) is 77.1 cm³/mol. The van der Waals surface area contributed by atoms with Crippen molar-refractivity contribution in [2.24, 2.45) is 0 Å². The molecule has 2 rings (SSSR count). The summed E-state index contributed by atoms with van der Waals surface area (Å²) < 4.78 is 10.5. The molecule has 1 aromatic rings. The van der Waals surface area contributed by atoms with Gasteiger partial charge in [0.25, 0.3) is 0 Å². The van der Waals surface area contributed by atoms with Crippen molar-refractivity contribution in [3.05, 3.63) is 11.9 Å². The number of nitrogens with one attached hydrogen (secondary N) is 1. The van der Waals surface area contributed by atoms with Crippen LogP contribution in [0.3, 0.4) is 0 Å². The van der Waals surface area contributed by atoms with Gasteiger partial charge in [-0.05, 0) is 26.8 Å². The number of hydrogen-bond donors (Lipinski definition) is 1. The monoisotopic (exact) mass is 280 g/mol. The molecule has 6 heteroatoms. The molecule has 1 saturated carbocycles. The highest BCUT2D eigenvalue weighted by Crippen LogP contribution is 2.27. The second-order valence-corrected chi connectivity index (χ2v) is 5.25. The molecule has 1 atom stereocenters. The van der Waals surface area contributed by atoms with E-state index in [-0.39, 0.29) is 0 Å². The smallest absolute Gasteiger partial charge is 0.224 e. The minimum Gasteiger partial charge on any atom is -0.481 e. The molecule has 1 N–H and O–H groups in total. The van der Waals surface area contributed by atoms with Gasteiger partial charge in [0.2, 0.25) is 11.8 Å². The fourth-order valence-electron chi connectivity index (χ4n) is 2.28. The Labute approximate surface area is 120 Å². The summed E-state index contributed by atoms with van der Waals surface area (Å²) in [6.07, 6.45) is 4.11. The molecule has 1 unspecified atom stereocenters. The van der Waals surface area contributed by atoms with E-state index in [4.69, 9.17) is 9.47 Å². The number of nitrogens with zero attached hydrogens (tertiary/aromatic N) is 3. The first-order chi connectivity index (χ1) is 9.67. The summed E-state index contributed by atoms with van der Waals surface area (Å²) in [5, 5.41) is 3.43. The molecular formula is C14H24N4O2. The van der Waals surface area contributed by atoms with Gasteiger partial charge in [0, 0.05) is 25.2 Å². The van der Waals surface area contributed by atoms with Crippen LogP contribution in [0.5, 0.6) is 11.8 Å². The zero-order chi connectivity index (χ0) is 14.5. The van der Waals surface area contributed by atoms with Gasteiger partial charge in [-0.15, -0.1) is 0 Å². The van der Waals surface area contributed by atoms with Crippen molar-refractivity contribution < 1.29 is 9.47 Å². The van der Waals surface area contributed by atoms with Crippen LogP contribution in [0.2, 0.25) is 0 Å². The van der Waals surface area contributed by atoms with Crippen molar-refractivity contribution >= 4 is 0 Å². The first-order valence-electron chi connectivity index (χ1n) is 7.01. The average Bonchev–Trinajstić information content (AvgIpc) is 3.30. The molecule has 1 aromatic heterocycles. The van der Waals surface area contributed by atoms with E-state index in [1.54, 1.807) is 14.2 Å². The SMILES string of the molecule is COc1ncnc(OC)c1CNCC(C)N(C)C1CC1. The Balaban J connectivity index is 1.89. The van der Waals surface area contributed by atoms with Gasteiger partial charge in [0.15, 0.2) is 0 Å². The number of ether oxygens (including phenoxy) is 2. The zero-order valence-corrected chi connectivity index (χ0v) is 12.7. The third-order valence-electron chi connectivity index (χ3n) is 3.81. The Kier molecular flexibility index (Phi) is 5.14. The molecule has 1 aliphatic rings. The Hall–Kier alpha value is -1.40. The van der Waals surface area contributed by atoms with Crippen molar-refractivity contribution in [1.82, 2.24) is 20.2 Å². The van der Waals surface area contributed by atoms with E-state index in [9.17, 15) is 0 Å². The molecule has 20 heavy (non-hydrogen) atoms. The highest BCUT2D eigenvalue weighted by molar-refractivity contribution is 5.34. The molecule has 0 radical (unpaired) electrons. The molecule has 1 aliphatic carbocycles. The lowest BCUT2D eigenvalue weighted by Crippen LogP contribution is -2.39. The van der Waals surface area contributed by atoms with Gasteiger partial charge < -0.3 is 14.8 Å². The van der Waals surface area contributed by atoms with E-state index in [0.29, 0.717) is 24.3 Å². The van der Waals surface area contributed by atoms with Gasteiger partial charge in [-0.25, -0.2) is 9.97 Å². The molecule has 1 heterocycles. The van der Waals surface area contributed by atoms with Gasteiger partial charge in [0.05, 0.1) is 19.8 Å². The van der Waals surface area contributed by atoms with Gasteiger partial charge in [-0.2, -0.15) is 0 Å². The normalized spacial score (nSPS) is 16.2. The molecule has 1 fully saturated rings. The van der Waals surface area contributed by atoms with Crippen LogP contribution in [0.1, 0.15) is 25.3 Å². The fourth-order valence-corrected chi connectivity index (χ4v) is 2.28. The lowest BCUT2D eigenvalue weighted by atomic mass is 10.2. The van der Waals surface area contributed by atoms with E-state index < -0.39 is 0 Å². The van der Waals surface area contributed by atoms with Gasteiger partial charge in [-0.1, -0.05) is 0 Å². The zero-order valence-electron chi connectivity index (χ0n) is 12.7. The van der Waals surface area contributed by atoms with Crippen LogP contribution < -0.4 is 14.8 Å². The largest absolute Gasteiger partial charge is 0.481 e. The first-order valence-corrected chi connectivity index (χ1v) is 7.01. The van der Waals surface area contributed by atoms with Crippen LogP contribution in [0.4, 0.5) is 0 Å². The van der Waals surface area contributed by atoms with Gasteiger partial charge >= 0.3 is 0 Å². The van der Waals surface area contributed by atoms with Crippen LogP contribution in [0, 0.1) is 0 Å². The molecule has 0 spiro atoms. The second-order valence-electron chi connectivity index (χ2n) is 5.25. The summed E-state index contributed by atoms with van der Waals surface area (Å²) in [5.74, 6) is 1.13. The molecule has 0 amide bonds. The molecule has 112 valence electrons. The number of aromatic nitrogens is 2. The predicted octanol–water partition coefficient (Wildman–Crippen LogP) is 1.07. The van der Waals surface area contributed by atoms with Crippen molar-refractivity contribution in [3.8, 4) is 11.8 Å². The number of methoxy groups -OCH3 is 2. The molecule has 0 aliphatic heterocycles. The highest BCUT2D eigenvalue weighted by atomic mass is 16.5. The minimum absolute atomic E-state index is 0.504. The van der Waals surface area contributed by atoms with Crippen molar-refractivity contribution in [2.75, 3.05) is 27.8 Å². The van der Waals surface area contributed by atoms with E-state index in [1.165, 1.54) is 19.2 Å². The Morgan fingerprint density at radius 1 is 1.30 bits per heavy atom. The summed E-state index contributed by atoms with van der Waals surface area (Å²) in [6, 6.07) is 1.28. The summed E-state index contributed by atoms with van der Waals surface area (Å²) in [4.78, 5) is 10.7.